The summed E-state index contributed by atoms with van der Waals surface area (Å²) >= 11 is 7.91. The summed E-state index contributed by atoms with van der Waals surface area (Å²) in [6.45, 7) is 0. The highest BCUT2D eigenvalue weighted by Gasteiger charge is 2.09. The van der Waals surface area contributed by atoms with Crippen molar-refractivity contribution in [2.75, 3.05) is 0 Å². The molecule has 0 unspecified atom stereocenters. The van der Waals surface area contributed by atoms with Gasteiger partial charge in [0.05, 0.1) is 0 Å². The zero-order valence-electron chi connectivity index (χ0n) is 6.70. The molecule has 0 fully saturated rings. The Kier molecular flexibility index (Phi) is 3.65. The number of nitrogens with two attached hydrogens (primary N) is 1. The fraction of sp³-hybridized carbons (Fsp3) is 0.125. The maximum Gasteiger partial charge on any atom is 0.165 e. The Balaban J connectivity index is 2.82. The molecule has 3 nitrogen and oxygen atoms in total. The molecular formula is C8H9BrN2OS. The summed E-state index contributed by atoms with van der Waals surface area (Å²) in [6.07, 6.45) is -0.868. The number of halogens is 1. The Morgan fingerprint density at radius 3 is 2.69 bits per heavy atom. The lowest BCUT2D eigenvalue weighted by atomic mass is 10.2. The van der Waals surface area contributed by atoms with Crippen LogP contribution in [0.25, 0.3) is 0 Å². The van der Waals surface area contributed by atoms with Gasteiger partial charge in [-0.3, -0.25) is 0 Å². The Hall–Kier alpha value is -0.650. The molecule has 1 aromatic rings. The van der Waals surface area contributed by atoms with Crippen LogP contribution in [0.3, 0.4) is 0 Å². The van der Waals surface area contributed by atoms with E-state index in [1.807, 2.05) is 18.2 Å². The summed E-state index contributed by atoms with van der Waals surface area (Å²) in [5, 5.41) is 12.2. The van der Waals surface area contributed by atoms with E-state index in [2.05, 4.69) is 33.5 Å². The van der Waals surface area contributed by atoms with Crippen LogP contribution in [0.5, 0.6) is 0 Å². The summed E-state index contributed by atoms with van der Waals surface area (Å²) in [6, 6.07) is 7.30. The molecular weight excluding hydrogens is 252 g/mol. The highest BCUT2D eigenvalue weighted by atomic mass is 79.9. The number of nitrogens with one attached hydrogen (secondary N) is 1. The number of hydrogen-bond donors (Lipinski definition) is 3. The van der Waals surface area contributed by atoms with Crippen molar-refractivity contribution in [1.82, 2.24) is 5.32 Å². The fourth-order valence-electron chi connectivity index (χ4n) is 0.909. The fourth-order valence-corrected chi connectivity index (χ4v) is 1.52. The van der Waals surface area contributed by atoms with E-state index in [9.17, 15) is 5.11 Å². The second-order valence-corrected chi connectivity index (χ2v) is 3.73. The number of hydrogen-bond acceptors (Lipinski definition) is 2. The molecule has 1 rings (SSSR count). The second kappa shape index (κ2) is 4.55. The molecule has 4 N–H and O–H groups in total. The molecule has 0 aliphatic carbocycles. The van der Waals surface area contributed by atoms with Crippen molar-refractivity contribution in [3.8, 4) is 0 Å². The third-order valence-corrected chi connectivity index (χ3v) is 2.32. The van der Waals surface area contributed by atoms with Crippen LogP contribution in [0.15, 0.2) is 28.7 Å². The largest absolute Gasteiger partial charge is 0.376 e. The van der Waals surface area contributed by atoms with Gasteiger partial charge in [0, 0.05) is 10.0 Å². The smallest absolute Gasteiger partial charge is 0.165 e. The molecule has 0 radical (unpaired) electrons. The maximum atomic E-state index is 9.56. The molecule has 0 aromatic heterocycles. The van der Waals surface area contributed by atoms with E-state index >= 15 is 0 Å². The van der Waals surface area contributed by atoms with E-state index < -0.39 is 6.23 Å². The number of aliphatic hydroxyl groups is 1. The van der Waals surface area contributed by atoms with Gasteiger partial charge in [0.15, 0.2) is 11.3 Å². The monoisotopic (exact) mass is 260 g/mol. The van der Waals surface area contributed by atoms with Crippen LogP contribution in [0.1, 0.15) is 11.8 Å². The standard InChI is InChI=1S/C8H9BrN2OS/c9-6-4-2-1-3-5(6)7(12)11-8(10)13/h1-4,7,12H,(H3,10,11,13)/t7-/m0/s1. The highest BCUT2D eigenvalue weighted by Crippen LogP contribution is 2.20. The Morgan fingerprint density at radius 2 is 2.15 bits per heavy atom. The first-order valence-electron chi connectivity index (χ1n) is 3.59. The van der Waals surface area contributed by atoms with Gasteiger partial charge in [-0.1, -0.05) is 34.1 Å². The van der Waals surface area contributed by atoms with Crippen molar-refractivity contribution in [1.29, 1.82) is 0 Å². The third kappa shape index (κ3) is 2.95. The topological polar surface area (TPSA) is 58.3 Å². The van der Waals surface area contributed by atoms with E-state index in [1.165, 1.54) is 0 Å². The van der Waals surface area contributed by atoms with Crippen LogP contribution < -0.4 is 11.1 Å². The van der Waals surface area contributed by atoms with Gasteiger partial charge >= 0.3 is 0 Å². The van der Waals surface area contributed by atoms with Crippen molar-refractivity contribution >= 4 is 33.3 Å². The van der Waals surface area contributed by atoms with Crippen molar-refractivity contribution in [3.05, 3.63) is 34.3 Å². The molecule has 0 amide bonds. The van der Waals surface area contributed by atoms with Gasteiger partial charge in [-0.15, -0.1) is 0 Å². The molecule has 0 aliphatic rings. The Bertz CT molecular complexity index is 319. The lowest BCUT2D eigenvalue weighted by molar-refractivity contribution is 0.162. The number of benzene rings is 1. The van der Waals surface area contributed by atoms with Gasteiger partial charge in [0.2, 0.25) is 0 Å². The van der Waals surface area contributed by atoms with E-state index in [0.717, 1.165) is 4.47 Å². The zero-order chi connectivity index (χ0) is 9.84. The SMILES string of the molecule is NC(=S)N[C@@H](O)c1ccccc1Br. The Labute approximate surface area is 90.1 Å². The van der Waals surface area contributed by atoms with E-state index in [0.29, 0.717) is 5.56 Å². The van der Waals surface area contributed by atoms with E-state index in [1.54, 1.807) is 6.07 Å². The minimum absolute atomic E-state index is 0.0725. The van der Waals surface area contributed by atoms with Crippen LogP contribution >= 0.6 is 28.1 Å². The molecule has 0 saturated heterocycles. The number of aliphatic hydroxyl groups excluding tert-OH is 1. The first-order chi connectivity index (χ1) is 6.11. The van der Waals surface area contributed by atoms with Crippen LogP contribution in [0.4, 0.5) is 0 Å². The first kappa shape index (κ1) is 10.4. The predicted octanol–water partition coefficient (Wildman–Crippen LogP) is 1.27. The van der Waals surface area contributed by atoms with Gasteiger partial charge in [0.1, 0.15) is 0 Å². The highest BCUT2D eigenvalue weighted by molar-refractivity contribution is 9.10. The van der Waals surface area contributed by atoms with Gasteiger partial charge in [0.25, 0.3) is 0 Å². The quantitative estimate of drug-likeness (QED) is 0.554. The van der Waals surface area contributed by atoms with Gasteiger partial charge < -0.3 is 16.2 Å². The van der Waals surface area contributed by atoms with Crippen molar-refractivity contribution in [3.63, 3.8) is 0 Å². The maximum absolute atomic E-state index is 9.56. The normalized spacial score (nSPS) is 12.2. The molecule has 0 aliphatic heterocycles. The van der Waals surface area contributed by atoms with Gasteiger partial charge in [-0.2, -0.15) is 0 Å². The molecule has 0 bridgehead atoms. The first-order valence-corrected chi connectivity index (χ1v) is 4.80. The molecule has 1 atom stereocenters. The van der Waals surface area contributed by atoms with Crippen molar-refractivity contribution in [2.24, 2.45) is 5.73 Å². The summed E-state index contributed by atoms with van der Waals surface area (Å²) in [4.78, 5) is 0. The summed E-state index contributed by atoms with van der Waals surface area (Å²) in [5.74, 6) is 0. The molecule has 0 heterocycles. The molecule has 0 spiro atoms. The minimum atomic E-state index is -0.868. The lowest BCUT2D eigenvalue weighted by Gasteiger charge is -2.13. The molecule has 70 valence electrons. The number of thiocarbonyl (C=S) groups is 1. The van der Waals surface area contributed by atoms with E-state index in [-0.39, 0.29) is 5.11 Å². The van der Waals surface area contributed by atoms with Crippen LogP contribution in [-0.2, 0) is 0 Å². The Morgan fingerprint density at radius 1 is 1.54 bits per heavy atom. The third-order valence-electron chi connectivity index (χ3n) is 1.48. The molecule has 5 heteroatoms. The zero-order valence-corrected chi connectivity index (χ0v) is 9.10. The van der Waals surface area contributed by atoms with Crippen molar-refractivity contribution < 1.29 is 5.11 Å². The number of rotatable bonds is 2. The average molecular weight is 261 g/mol. The van der Waals surface area contributed by atoms with Crippen LogP contribution in [-0.4, -0.2) is 10.2 Å². The summed E-state index contributed by atoms with van der Waals surface area (Å²) < 4.78 is 0.811. The second-order valence-electron chi connectivity index (χ2n) is 2.43. The molecule has 13 heavy (non-hydrogen) atoms. The van der Waals surface area contributed by atoms with Crippen molar-refractivity contribution in [2.45, 2.75) is 6.23 Å². The molecule has 1 aromatic carbocycles. The lowest BCUT2D eigenvalue weighted by Crippen LogP contribution is -2.32. The van der Waals surface area contributed by atoms with Gasteiger partial charge in [-0.25, -0.2) is 0 Å². The summed E-state index contributed by atoms with van der Waals surface area (Å²) in [5.41, 5.74) is 5.93. The van der Waals surface area contributed by atoms with Crippen LogP contribution in [0.2, 0.25) is 0 Å². The van der Waals surface area contributed by atoms with E-state index in [4.69, 9.17) is 5.73 Å². The predicted molar refractivity (Wildman–Crippen MR) is 59.0 cm³/mol. The summed E-state index contributed by atoms with van der Waals surface area (Å²) in [7, 11) is 0. The average Bonchev–Trinajstić information content (AvgIpc) is 2.03. The van der Waals surface area contributed by atoms with Gasteiger partial charge in [-0.05, 0) is 18.3 Å². The van der Waals surface area contributed by atoms with Crippen LogP contribution in [0, 0.1) is 0 Å². The minimum Gasteiger partial charge on any atom is -0.376 e. The molecule has 0 saturated carbocycles.